The lowest BCUT2D eigenvalue weighted by atomic mass is 10.0. The smallest absolute Gasteiger partial charge is 0.264 e. The SMILES string of the molecule is Cc1cc(C)c(C(=C=O)C(=O)Cl)c(Br)c1. The highest BCUT2D eigenvalue weighted by atomic mass is 79.9. The quantitative estimate of drug-likeness (QED) is 0.476. The van der Waals surface area contributed by atoms with E-state index in [1.807, 2.05) is 26.0 Å². The zero-order valence-corrected chi connectivity index (χ0v) is 10.6. The summed E-state index contributed by atoms with van der Waals surface area (Å²) < 4.78 is 0.673. The number of hydrogen-bond acceptors (Lipinski definition) is 2. The molecule has 0 N–H and O–H groups in total. The highest BCUT2D eigenvalue weighted by molar-refractivity contribution is 9.10. The topological polar surface area (TPSA) is 34.1 Å². The van der Waals surface area contributed by atoms with E-state index in [1.54, 1.807) is 5.94 Å². The largest absolute Gasteiger partial charge is 0.275 e. The molecule has 0 aliphatic carbocycles. The molecule has 0 spiro atoms. The third-order valence-electron chi connectivity index (χ3n) is 1.98. The molecule has 0 heterocycles. The summed E-state index contributed by atoms with van der Waals surface area (Å²) in [5.41, 5.74) is 2.22. The Morgan fingerprint density at radius 1 is 1.40 bits per heavy atom. The highest BCUT2D eigenvalue weighted by Crippen LogP contribution is 2.28. The molecule has 0 fully saturated rings. The van der Waals surface area contributed by atoms with Gasteiger partial charge in [-0.2, -0.15) is 0 Å². The van der Waals surface area contributed by atoms with Gasteiger partial charge in [0.05, 0.1) is 0 Å². The van der Waals surface area contributed by atoms with Gasteiger partial charge in [-0.05, 0) is 42.6 Å². The third kappa shape index (κ3) is 2.57. The van der Waals surface area contributed by atoms with Crippen molar-refractivity contribution in [1.29, 1.82) is 0 Å². The fourth-order valence-electron chi connectivity index (χ4n) is 1.42. The molecule has 0 radical (unpaired) electrons. The molecule has 0 amide bonds. The molecule has 0 bridgehead atoms. The van der Waals surface area contributed by atoms with Crippen molar-refractivity contribution in [3.63, 3.8) is 0 Å². The number of aryl methyl sites for hydroxylation is 2. The molecule has 0 atom stereocenters. The lowest BCUT2D eigenvalue weighted by Crippen LogP contribution is -1.99. The number of allylic oxidation sites excluding steroid dienone is 1. The van der Waals surface area contributed by atoms with Crippen LogP contribution in [0.2, 0.25) is 0 Å². The van der Waals surface area contributed by atoms with E-state index in [1.165, 1.54) is 0 Å². The van der Waals surface area contributed by atoms with Gasteiger partial charge < -0.3 is 0 Å². The fraction of sp³-hybridized carbons (Fsp3) is 0.182. The Labute approximate surface area is 101 Å². The average Bonchev–Trinajstić information content (AvgIpc) is 2.09. The molecule has 15 heavy (non-hydrogen) atoms. The molecule has 1 aromatic rings. The molecule has 0 saturated carbocycles. The van der Waals surface area contributed by atoms with Gasteiger partial charge in [0.2, 0.25) is 0 Å². The van der Waals surface area contributed by atoms with E-state index in [0.717, 1.165) is 11.1 Å². The van der Waals surface area contributed by atoms with E-state index in [9.17, 15) is 9.59 Å². The Morgan fingerprint density at radius 3 is 2.40 bits per heavy atom. The first kappa shape index (κ1) is 12.2. The predicted octanol–water partition coefficient (Wildman–Crippen LogP) is 3.05. The predicted molar refractivity (Wildman–Crippen MR) is 63.6 cm³/mol. The Hall–Kier alpha value is -0.890. The Balaban J connectivity index is 3.50. The van der Waals surface area contributed by atoms with E-state index in [0.29, 0.717) is 10.0 Å². The molecule has 78 valence electrons. The maximum atomic E-state index is 11.0. The van der Waals surface area contributed by atoms with Crippen molar-refractivity contribution in [2.45, 2.75) is 13.8 Å². The highest BCUT2D eigenvalue weighted by Gasteiger charge is 2.16. The molecule has 0 aromatic heterocycles. The minimum atomic E-state index is -0.794. The molecule has 0 unspecified atom stereocenters. The lowest BCUT2D eigenvalue weighted by Gasteiger charge is -2.08. The molecule has 4 heteroatoms. The molecule has 0 aliphatic rings. The van der Waals surface area contributed by atoms with Crippen LogP contribution in [-0.2, 0) is 9.59 Å². The Kier molecular flexibility index (Phi) is 3.86. The first-order valence-corrected chi connectivity index (χ1v) is 5.36. The normalized spacial score (nSPS) is 9.60. The van der Waals surface area contributed by atoms with Crippen LogP contribution in [0.25, 0.3) is 5.57 Å². The van der Waals surface area contributed by atoms with E-state index in [2.05, 4.69) is 15.9 Å². The van der Waals surface area contributed by atoms with Crippen molar-refractivity contribution in [3.05, 3.63) is 33.3 Å². The minimum Gasteiger partial charge on any atom is -0.275 e. The van der Waals surface area contributed by atoms with Crippen molar-refractivity contribution in [1.82, 2.24) is 0 Å². The first-order chi connectivity index (χ1) is 6.97. The van der Waals surface area contributed by atoms with Crippen molar-refractivity contribution >= 4 is 44.3 Å². The molecular formula is C11H8BrClO2. The van der Waals surface area contributed by atoms with Crippen molar-refractivity contribution in [2.75, 3.05) is 0 Å². The van der Waals surface area contributed by atoms with Gasteiger partial charge in [0, 0.05) is 10.0 Å². The van der Waals surface area contributed by atoms with Gasteiger partial charge in [-0.3, -0.25) is 4.79 Å². The van der Waals surface area contributed by atoms with Gasteiger partial charge in [0.25, 0.3) is 5.24 Å². The zero-order valence-electron chi connectivity index (χ0n) is 8.23. The summed E-state index contributed by atoms with van der Waals surface area (Å²) in [7, 11) is 0. The van der Waals surface area contributed by atoms with Gasteiger partial charge in [0.15, 0.2) is 0 Å². The van der Waals surface area contributed by atoms with Crippen LogP contribution in [0.4, 0.5) is 0 Å². The van der Waals surface area contributed by atoms with Crippen LogP contribution in [0.5, 0.6) is 0 Å². The van der Waals surface area contributed by atoms with Gasteiger partial charge in [-0.15, -0.1) is 0 Å². The number of carbonyl (C=O) groups is 1. The van der Waals surface area contributed by atoms with Crippen molar-refractivity contribution in [2.24, 2.45) is 0 Å². The first-order valence-electron chi connectivity index (χ1n) is 4.19. The van der Waals surface area contributed by atoms with Gasteiger partial charge >= 0.3 is 0 Å². The molecule has 0 saturated heterocycles. The fourth-order valence-corrected chi connectivity index (χ4v) is 2.43. The number of carbonyl (C=O) groups excluding carboxylic acids is 2. The third-order valence-corrected chi connectivity index (χ3v) is 2.79. The Bertz CT molecular complexity index is 450. The van der Waals surface area contributed by atoms with Crippen LogP contribution in [-0.4, -0.2) is 11.2 Å². The zero-order chi connectivity index (χ0) is 11.6. The monoisotopic (exact) mass is 286 g/mol. The van der Waals surface area contributed by atoms with Gasteiger partial charge in [-0.1, -0.05) is 22.0 Å². The maximum Gasteiger partial charge on any atom is 0.264 e. The number of rotatable bonds is 2. The summed E-state index contributed by atoms with van der Waals surface area (Å²) in [5.74, 6) is 1.57. The summed E-state index contributed by atoms with van der Waals surface area (Å²) in [5, 5.41) is -0.794. The Morgan fingerprint density at radius 2 is 2.00 bits per heavy atom. The van der Waals surface area contributed by atoms with E-state index in [4.69, 9.17) is 11.6 Å². The van der Waals surface area contributed by atoms with Crippen LogP contribution in [0.3, 0.4) is 0 Å². The average molecular weight is 288 g/mol. The summed E-state index contributed by atoms with van der Waals surface area (Å²) in [6.07, 6.45) is 0. The number of benzene rings is 1. The number of hydrogen-bond donors (Lipinski definition) is 0. The van der Waals surface area contributed by atoms with Crippen LogP contribution in [0.15, 0.2) is 16.6 Å². The molecule has 0 aliphatic heterocycles. The standard InChI is InChI=1S/C11H8BrClO2/c1-6-3-7(2)10(9(12)4-6)8(5-14)11(13)15/h3-4H,1-2H3. The second kappa shape index (κ2) is 4.75. The maximum absolute atomic E-state index is 11.0. The minimum absolute atomic E-state index is 0.138. The van der Waals surface area contributed by atoms with E-state index in [-0.39, 0.29) is 5.57 Å². The molecular weight excluding hydrogens is 279 g/mol. The summed E-state index contributed by atoms with van der Waals surface area (Å²) in [4.78, 5) is 21.7. The van der Waals surface area contributed by atoms with E-state index < -0.39 is 5.24 Å². The van der Waals surface area contributed by atoms with Gasteiger partial charge in [0.1, 0.15) is 11.5 Å². The summed E-state index contributed by atoms with van der Waals surface area (Å²) in [6.45, 7) is 3.73. The second-order valence-corrected chi connectivity index (χ2v) is 4.39. The van der Waals surface area contributed by atoms with Gasteiger partial charge in [-0.25, -0.2) is 4.79 Å². The lowest BCUT2D eigenvalue weighted by molar-refractivity contribution is -0.106. The second-order valence-electron chi connectivity index (χ2n) is 3.19. The molecule has 1 rings (SSSR count). The van der Waals surface area contributed by atoms with Crippen LogP contribution >= 0.6 is 27.5 Å². The van der Waals surface area contributed by atoms with Crippen LogP contribution < -0.4 is 0 Å². The summed E-state index contributed by atoms with van der Waals surface area (Å²) >= 11 is 8.60. The number of halogens is 2. The van der Waals surface area contributed by atoms with Crippen molar-refractivity contribution in [3.8, 4) is 0 Å². The van der Waals surface area contributed by atoms with Crippen LogP contribution in [0, 0.1) is 13.8 Å². The van der Waals surface area contributed by atoms with E-state index >= 15 is 0 Å². The van der Waals surface area contributed by atoms with Crippen molar-refractivity contribution < 1.29 is 9.59 Å². The summed E-state index contributed by atoms with van der Waals surface area (Å²) in [6, 6.07) is 3.69. The molecule has 2 nitrogen and oxygen atoms in total. The molecule has 1 aromatic carbocycles. The van der Waals surface area contributed by atoms with Crippen LogP contribution in [0.1, 0.15) is 16.7 Å².